The molecule has 0 bridgehead atoms. The third-order valence-electron chi connectivity index (χ3n) is 5.48. The molecule has 0 saturated carbocycles. The number of carbonyl (C=O) groups is 3. The second kappa shape index (κ2) is 13.0. The zero-order chi connectivity index (χ0) is 27.6. The maximum atomic E-state index is 12.5. The Morgan fingerprint density at radius 1 is 0.821 bits per heavy atom. The van der Waals surface area contributed by atoms with Gasteiger partial charge in [-0.3, -0.25) is 9.59 Å². The number of ether oxygens (including phenoxy) is 1. The van der Waals surface area contributed by atoms with Crippen molar-refractivity contribution in [2.24, 2.45) is 5.10 Å². The topological polar surface area (TPSA) is 96.9 Å². The molecule has 0 radical (unpaired) electrons. The molecule has 0 atom stereocenters. The zero-order valence-electron chi connectivity index (χ0n) is 20.9. The largest absolute Gasteiger partial charge is 0.423 e. The smallest absolute Gasteiger partial charge is 0.336 e. The van der Waals surface area contributed by atoms with Crippen LogP contribution in [0.1, 0.15) is 37.4 Å². The lowest BCUT2D eigenvalue weighted by molar-refractivity contribution is -0.128. The molecular weight excluding hydrogens is 514 g/mol. The van der Waals surface area contributed by atoms with Crippen molar-refractivity contribution in [1.82, 2.24) is 5.43 Å². The van der Waals surface area contributed by atoms with Crippen LogP contribution < -0.4 is 15.5 Å². The molecule has 8 heteroatoms. The van der Waals surface area contributed by atoms with Crippen LogP contribution in [-0.2, 0) is 4.79 Å². The molecule has 0 spiro atoms. The van der Waals surface area contributed by atoms with Crippen molar-refractivity contribution in [2.75, 3.05) is 5.32 Å². The second-order valence-electron chi connectivity index (χ2n) is 8.44. The normalized spacial score (nSPS) is 10.9. The third-order valence-corrected chi connectivity index (χ3v) is 5.72. The number of hydrazone groups is 1. The summed E-state index contributed by atoms with van der Waals surface area (Å²) in [6.45, 7) is 1.95. The second-order valence-corrected chi connectivity index (χ2v) is 8.88. The van der Waals surface area contributed by atoms with Crippen molar-refractivity contribution in [3.63, 3.8) is 0 Å². The first-order valence-electron chi connectivity index (χ1n) is 11.9. The Balaban J connectivity index is 1.35. The lowest BCUT2D eigenvalue weighted by Gasteiger charge is -2.07. The maximum Gasteiger partial charge on any atom is 0.336 e. The van der Waals surface area contributed by atoms with Gasteiger partial charge in [0, 0.05) is 33.5 Å². The van der Waals surface area contributed by atoms with Crippen LogP contribution in [-0.4, -0.2) is 24.0 Å². The number of nitrogens with one attached hydrogen (secondary N) is 2. The van der Waals surface area contributed by atoms with E-state index in [-0.39, 0.29) is 11.7 Å². The first kappa shape index (κ1) is 27.0. The first-order chi connectivity index (χ1) is 18.9. The van der Waals surface area contributed by atoms with Crippen LogP contribution in [0, 0.1) is 6.92 Å². The van der Waals surface area contributed by atoms with E-state index in [0.717, 1.165) is 11.1 Å². The summed E-state index contributed by atoms with van der Waals surface area (Å²) in [5.74, 6) is -1.05. The Morgan fingerprint density at radius 2 is 1.49 bits per heavy atom. The molecule has 0 fully saturated rings. The molecule has 4 aromatic rings. The van der Waals surface area contributed by atoms with Gasteiger partial charge in [-0.15, -0.1) is 0 Å². The molecule has 0 aliphatic rings. The average molecular weight is 538 g/mol. The number of anilines is 1. The standard InChI is InChI=1S/C31H24ClN3O4/c1-21-7-10-23(11-8-21)30(37)34-27-15-12-24(13-16-27)31(38)35-33-20-25-19-26(32)14-17-28(25)39-29(36)18-9-22-5-3-2-4-6-22/h2-20H,1H3,(H,34,37)(H,35,38)/b18-9+,33-20+. The molecule has 194 valence electrons. The van der Waals surface area contributed by atoms with Crippen LogP contribution in [0.4, 0.5) is 5.69 Å². The highest BCUT2D eigenvalue weighted by Gasteiger charge is 2.10. The van der Waals surface area contributed by atoms with Crippen LogP contribution in [0.5, 0.6) is 5.75 Å². The van der Waals surface area contributed by atoms with Crippen molar-refractivity contribution < 1.29 is 19.1 Å². The number of nitrogens with zero attached hydrogens (tertiary/aromatic N) is 1. The van der Waals surface area contributed by atoms with Crippen LogP contribution in [0.25, 0.3) is 6.08 Å². The molecule has 2 amide bonds. The van der Waals surface area contributed by atoms with Gasteiger partial charge in [-0.2, -0.15) is 5.10 Å². The molecule has 0 aliphatic carbocycles. The van der Waals surface area contributed by atoms with Crippen molar-refractivity contribution in [3.8, 4) is 5.75 Å². The van der Waals surface area contributed by atoms with E-state index in [9.17, 15) is 14.4 Å². The lowest BCUT2D eigenvalue weighted by atomic mass is 10.1. The number of amides is 2. The summed E-state index contributed by atoms with van der Waals surface area (Å²) in [6, 6.07) is 27.7. The fourth-order valence-corrected chi connectivity index (χ4v) is 3.60. The van der Waals surface area contributed by atoms with Crippen LogP contribution in [0.3, 0.4) is 0 Å². The Kier molecular flexibility index (Phi) is 9.00. The Morgan fingerprint density at radius 3 is 2.21 bits per heavy atom. The van der Waals surface area contributed by atoms with Crippen molar-refractivity contribution in [2.45, 2.75) is 6.92 Å². The SMILES string of the molecule is Cc1ccc(C(=O)Nc2ccc(C(=O)N/N=C/c3cc(Cl)ccc3OC(=O)/C=C/c3ccccc3)cc2)cc1. The Hall–Kier alpha value is -5.01. The van der Waals surface area contributed by atoms with E-state index in [0.29, 0.717) is 27.4 Å². The summed E-state index contributed by atoms with van der Waals surface area (Å²) in [5.41, 5.74) is 6.18. The van der Waals surface area contributed by atoms with Crippen molar-refractivity contribution in [1.29, 1.82) is 0 Å². The summed E-state index contributed by atoms with van der Waals surface area (Å²) >= 11 is 6.10. The van der Waals surface area contributed by atoms with E-state index in [1.165, 1.54) is 12.3 Å². The maximum absolute atomic E-state index is 12.5. The molecule has 4 aromatic carbocycles. The number of hydrogen-bond donors (Lipinski definition) is 2. The van der Waals surface area contributed by atoms with Crippen molar-refractivity contribution in [3.05, 3.63) is 136 Å². The molecule has 0 heterocycles. The summed E-state index contributed by atoms with van der Waals surface area (Å²) in [6.07, 6.45) is 4.30. The van der Waals surface area contributed by atoms with E-state index in [1.807, 2.05) is 49.4 Å². The minimum atomic E-state index is -0.575. The van der Waals surface area contributed by atoms with Gasteiger partial charge in [0.05, 0.1) is 6.21 Å². The minimum Gasteiger partial charge on any atom is -0.423 e. The van der Waals surface area contributed by atoms with Gasteiger partial charge in [-0.25, -0.2) is 10.2 Å². The lowest BCUT2D eigenvalue weighted by Crippen LogP contribution is -2.18. The molecule has 2 N–H and O–H groups in total. The van der Waals surface area contributed by atoms with Gasteiger partial charge < -0.3 is 10.1 Å². The number of rotatable bonds is 8. The average Bonchev–Trinajstić information content (AvgIpc) is 2.94. The minimum absolute atomic E-state index is 0.230. The summed E-state index contributed by atoms with van der Waals surface area (Å²) in [7, 11) is 0. The first-order valence-corrected chi connectivity index (χ1v) is 12.3. The van der Waals surface area contributed by atoms with E-state index >= 15 is 0 Å². The number of benzene rings is 4. The number of aryl methyl sites for hydroxylation is 1. The van der Waals surface area contributed by atoms with Gasteiger partial charge in [-0.05, 0) is 73.2 Å². The van der Waals surface area contributed by atoms with Gasteiger partial charge in [0.15, 0.2) is 0 Å². The monoisotopic (exact) mass is 537 g/mol. The highest BCUT2D eigenvalue weighted by molar-refractivity contribution is 6.31. The number of carbonyl (C=O) groups excluding carboxylic acids is 3. The molecule has 0 unspecified atom stereocenters. The fourth-order valence-electron chi connectivity index (χ4n) is 3.42. The molecule has 0 aromatic heterocycles. The van der Waals surface area contributed by atoms with Gasteiger partial charge >= 0.3 is 5.97 Å². The van der Waals surface area contributed by atoms with Crippen LogP contribution in [0.2, 0.25) is 5.02 Å². The Labute approximate surface area is 230 Å². The van der Waals surface area contributed by atoms with E-state index in [1.54, 1.807) is 60.7 Å². The predicted molar refractivity (Wildman–Crippen MR) is 153 cm³/mol. The number of halogens is 1. The van der Waals surface area contributed by atoms with Gasteiger partial charge in [0.1, 0.15) is 5.75 Å². The van der Waals surface area contributed by atoms with E-state index in [2.05, 4.69) is 15.8 Å². The Bertz CT molecular complexity index is 1530. The zero-order valence-corrected chi connectivity index (χ0v) is 21.7. The van der Waals surface area contributed by atoms with Crippen molar-refractivity contribution >= 4 is 47.4 Å². The highest BCUT2D eigenvalue weighted by Crippen LogP contribution is 2.22. The van der Waals surface area contributed by atoms with E-state index in [4.69, 9.17) is 16.3 Å². The molecule has 4 rings (SSSR count). The van der Waals surface area contributed by atoms with Crippen LogP contribution >= 0.6 is 11.6 Å². The highest BCUT2D eigenvalue weighted by atomic mass is 35.5. The van der Waals surface area contributed by atoms with E-state index < -0.39 is 11.9 Å². The van der Waals surface area contributed by atoms with Gasteiger partial charge in [0.25, 0.3) is 11.8 Å². The summed E-state index contributed by atoms with van der Waals surface area (Å²) in [4.78, 5) is 37.2. The molecule has 7 nitrogen and oxygen atoms in total. The van der Waals surface area contributed by atoms with Gasteiger partial charge in [0.2, 0.25) is 0 Å². The third kappa shape index (κ3) is 7.99. The molecule has 0 aliphatic heterocycles. The molecule has 39 heavy (non-hydrogen) atoms. The number of hydrogen-bond acceptors (Lipinski definition) is 5. The van der Waals surface area contributed by atoms with Gasteiger partial charge in [-0.1, -0.05) is 59.6 Å². The summed E-state index contributed by atoms with van der Waals surface area (Å²) < 4.78 is 5.42. The number of esters is 1. The van der Waals surface area contributed by atoms with Crippen LogP contribution in [0.15, 0.2) is 108 Å². The fraction of sp³-hybridized carbons (Fsp3) is 0.0323. The predicted octanol–water partition coefficient (Wildman–Crippen LogP) is 6.28. The summed E-state index contributed by atoms with van der Waals surface area (Å²) in [5, 5.41) is 7.18. The molecular formula is C31H24ClN3O4. The molecule has 0 saturated heterocycles. The quantitative estimate of drug-likeness (QED) is 0.0908.